The van der Waals surface area contributed by atoms with Crippen LogP contribution in [0.5, 0.6) is 5.75 Å². The van der Waals surface area contributed by atoms with Crippen LogP contribution in [0.4, 0.5) is 0 Å². The van der Waals surface area contributed by atoms with Crippen molar-refractivity contribution in [1.82, 2.24) is 0 Å². The Morgan fingerprint density at radius 3 is 2.19 bits per heavy atom. The summed E-state index contributed by atoms with van der Waals surface area (Å²) in [6.07, 6.45) is 0. The van der Waals surface area contributed by atoms with Crippen LogP contribution in [0.1, 0.15) is 41.5 Å². The van der Waals surface area contributed by atoms with Gasteiger partial charge < -0.3 is 19.7 Å². The number of benzene rings is 1. The van der Waals surface area contributed by atoms with Gasteiger partial charge in [-0.2, -0.15) is 0 Å². The monoisotopic (exact) mass is 296 g/mol. The number of carbonyl (C=O) groups excluding carboxylic acids is 1. The molecule has 0 aliphatic rings. The molecular weight excluding hydrogens is 280 g/mol. The maximum absolute atomic E-state index is 11.5. The van der Waals surface area contributed by atoms with Crippen LogP contribution >= 0.6 is 0 Å². The van der Waals surface area contributed by atoms with Crippen LogP contribution in [-0.4, -0.2) is 40.3 Å². The second kappa shape index (κ2) is 6.25. The Kier molecular flexibility index (Phi) is 4.91. The van der Waals surface area contributed by atoms with Gasteiger partial charge in [-0.05, 0) is 32.9 Å². The minimum atomic E-state index is -1.45. The standard InChI is InChI=1S/C14H16O7/c1-14(2,3)21-10(15)7-20-9-6-4-5-8(12(16)17)11(9)13(18)19/h4-6H,7H2,1-3H3,(H,16,17)(H,18,19). The number of rotatable bonds is 5. The van der Waals surface area contributed by atoms with Crippen molar-refractivity contribution in [2.75, 3.05) is 6.61 Å². The molecule has 0 atom stereocenters. The summed E-state index contributed by atoms with van der Waals surface area (Å²) in [7, 11) is 0. The zero-order chi connectivity index (χ0) is 16.2. The largest absolute Gasteiger partial charge is 0.481 e. The van der Waals surface area contributed by atoms with Gasteiger partial charge in [-0.3, -0.25) is 0 Å². The predicted octanol–water partition coefficient (Wildman–Crippen LogP) is 1.80. The van der Waals surface area contributed by atoms with Crippen molar-refractivity contribution in [1.29, 1.82) is 0 Å². The van der Waals surface area contributed by atoms with E-state index in [9.17, 15) is 14.4 Å². The summed E-state index contributed by atoms with van der Waals surface area (Å²) in [6, 6.07) is 3.76. The molecule has 0 heterocycles. The van der Waals surface area contributed by atoms with Crippen LogP contribution in [0.3, 0.4) is 0 Å². The molecule has 2 N–H and O–H groups in total. The van der Waals surface area contributed by atoms with Gasteiger partial charge in [-0.1, -0.05) is 6.07 Å². The third-order valence-corrected chi connectivity index (χ3v) is 2.24. The van der Waals surface area contributed by atoms with Crippen molar-refractivity contribution in [3.05, 3.63) is 29.3 Å². The topological polar surface area (TPSA) is 110 Å². The van der Waals surface area contributed by atoms with E-state index >= 15 is 0 Å². The minimum Gasteiger partial charge on any atom is -0.481 e. The molecule has 0 radical (unpaired) electrons. The fourth-order valence-electron chi connectivity index (χ4n) is 1.56. The van der Waals surface area contributed by atoms with Crippen LogP contribution in [0.25, 0.3) is 0 Å². The minimum absolute atomic E-state index is 0.201. The first-order chi connectivity index (χ1) is 9.61. The Morgan fingerprint density at radius 1 is 1.10 bits per heavy atom. The lowest BCUT2D eigenvalue weighted by molar-refractivity contribution is -0.157. The molecule has 0 aliphatic heterocycles. The van der Waals surface area contributed by atoms with Crippen molar-refractivity contribution >= 4 is 17.9 Å². The van der Waals surface area contributed by atoms with E-state index in [1.165, 1.54) is 12.1 Å². The average Bonchev–Trinajstić information content (AvgIpc) is 2.33. The van der Waals surface area contributed by atoms with Gasteiger partial charge in [0.15, 0.2) is 6.61 Å². The number of carboxylic acid groups (broad SMARTS) is 2. The summed E-state index contributed by atoms with van der Waals surface area (Å²) >= 11 is 0. The Balaban J connectivity index is 2.94. The predicted molar refractivity (Wildman–Crippen MR) is 71.7 cm³/mol. The summed E-state index contributed by atoms with van der Waals surface area (Å²) in [4.78, 5) is 33.7. The van der Waals surface area contributed by atoms with E-state index in [-0.39, 0.29) is 5.75 Å². The molecule has 0 fully saturated rings. The second-order valence-corrected chi connectivity index (χ2v) is 5.16. The first-order valence-corrected chi connectivity index (χ1v) is 6.06. The van der Waals surface area contributed by atoms with Crippen molar-refractivity contribution in [2.24, 2.45) is 0 Å². The molecule has 0 saturated carbocycles. The van der Waals surface area contributed by atoms with Crippen LogP contribution in [0.2, 0.25) is 0 Å². The second-order valence-electron chi connectivity index (χ2n) is 5.16. The number of ether oxygens (including phenoxy) is 2. The molecule has 0 bridgehead atoms. The van der Waals surface area contributed by atoms with Gasteiger partial charge in [0.25, 0.3) is 0 Å². The third-order valence-electron chi connectivity index (χ3n) is 2.24. The third kappa shape index (κ3) is 4.79. The Labute approximate surface area is 121 Å². The van der Waals surface area contributed by atoms with E-state index in [0.717, 1.165) is 6.07 Å². The number of carboxylic acids is 2. The van der Waals surface area contributed by atoms with E-state index in [4.69, 9.17) is 19.7 Å². The molecule has 0 aromatic heterocycles. The number of carbonyl (C=O) groups is 3. The van der Waals surface area contributed by atoms with Gasteiger partial charge >= 0.3 is 17.9 Å². The number of hydrogen-bond acceptors (Lipinski definition) is 5. The van der Waals surface area contributed by atoms with Crippen LogP contribution < -0.4 is 4.74 Å². The highest BCUT2D eigenvalue weighted by Crippen LogP contribution is 2.23. The Morgan fingerprint density at radius 2 is 1.71 bits per heavy atom. The van der Waals surface area contributed by atoms with Gasteiger partial charge in [0, 0.05) is 0 Å². The fourth-order valence-corrected chi connectivity index (χ4v) is 1.56. The number of hydrogen-bond donors (Lipinski definition) is 2. The fraction of sp³-hybridized carbons (Fsp3) is 0.357. The highest BCUT2D eigenvalue weighted by Gasteiger charge is 2.22. The van der Waals surface area contributed by atoms with E-state index in [2.05, 4.69) is 0 Å². The molecule has 0 amide bonds. The highest BCUT2D eigenvalue weighted by atomic mass is 16.6. The number of aromatic carboxylic acids is 2. The molecule has 0 saturated heterocycles. The van der Waals surface area contributed by atoms with Crippen molar-refractivity contribution in [3.8, 4) is 5.75 Å². The van der Waals surface area contributed by atoms with Gasteiger partial charge in [-0.25, -0.2) is 14.4 Å². The first kappa shape index (κ1) is 16.5. The molecule has 0 aliphatic carbocycles. The summed E-state index contributed by atoms with van der Waals surface area (Å²) in [5, 5.41) is 18.0. The van der Waals surface area contributed by atoms with Crippen LogP contribution in [0, 0.1) is 0 Å². The quantitative estimate of drug-likeness (QED) is 0.797. The van der Waals surface area contributed by atoms with Crippen molar-refractivity contribution in [3.63, 3.8) is 0 Å². The average molecular weight is 296 g/mol. The Bertz CT molecular complexity index is 569. The summed E-state index contributed by atoms with van der Waals surface area (Å²) in [5.41, 5.74) is -1.61. The van der Waals surface area contributed by atoms with Crippen LogP contribution in [-0.2, 0) is 9.53 Å². The van der Waals surface area contributed by atoms with E-state index in [0.29, 0.717) is 0 Å². The van der Waals surface area contributed by atoms with Gasteiger partial charge in [0.1, 0.15) is 16.9 Å². The molecule has 114 valence electrons. The molecule has 21 heavy (non-hydrogen) atoms. The smallest absolute Gasteiger partial charge is 0.344 e. The lowest BCUT2D eigenvalue weighted by Crippen LogP contribution is -2.27. The molecule has 1 rings (SSSR count). The van der Waals surface area contributed by atoms with Crippen LogP contribution in [0.15, 0.2) is 18.2 Å². The van der Waals surface area contributed by atoms with E-state index in [1.54, 1.807) is 20.8 Å². The molecule has 0 spiro atoms. The molecule has 7 nitrogen and oxygen atoms in total. The van der Waals surface area contributed by atoms with Gasteiger partial charge in [0.2, 0.25) is 0 Å². The summed E-state index contributed by atoms with van der Waals surface area (Å²) < 4.78 is 10.1. The zero-order valence-electron chi connectivity index (χ0n) is 11.9. The zero-order valence-corrected chi connectivity index (χ0v) is 11.9. The van der Waals surface area contributed by atoms with Gasteiger partial charge in [-0.15, -0.1) is 0 Å². The first-order valence-electron chi connectivity index (χ1n) is 6.06. The highest BCUT2D eigenvalue weighted by molar-refractivity contribution is 6.03. The normalized spacial score (nSPS) is 10.8. The molecule has 7 heteroatoms. The number of esters is 1. The van der Waals surface area contributed by atoms with Crippen molar-refractivity contribution < 1.29 is 34.1 Å². The van der Waals surface area contributed by atoms with Gasteiger partial charge in [0.05, 0.1) is 5.56 Å². The lowest BCUT2D eigenvalue weighted by atomic mass is 10.1. The molecule has 0 unspecified atom stereocenters. The summed E-state index contributed by atoms with van der Waals surface area (Å²) in [5.74, 6) is -3.73. The van der Waals surface area contributed by atoms with E-state index < -0.39 is 41.2 Å². The molecular formula is C14H16O7. The maximum Gasteiger partial charge on any atom is 0.344 e. The molecule has 1 aromatic rings. The van der Waals surface area contributed by atoms with Crippen molar-refractivity contribution in [2.45, 2.75) is 26.4 Å². The maximum atomic E-state index is 11.5. The summed E-state index contributed by atoms with van der Waals surface area (Å²) in [6.45, 7) is 4.52. The SMILES string of the molecule is CC(C)(C)OC(=O)COc1cccc(C(=O)O)c1C(=O)O. The lowest BCUT2D eigenvalue weighted by Gasteiger charge is -2.19. The molecule has 1 aromatic carbocycles. The van der Waals surface area contributed by atoms with E-state index in [1.807, 2.05) is 0 Å². The Hall–Kier alpha value is -2.57.